The molecule has 0 atom stereocenters. The van der Waals surface area contributed by atoms with Gasteiger partial charge in [-0.05, 0) is 33.3 Å². The summed E-state index contributed by atoms with van der Waals surface area (Å²) in [6.07, 6.45) is 2.20. The van der Waals surface area contributed by atoms with Crippen molar-refractivity contribution in [1.82, 2.24) is 0 Å². The van der Waals surface area contributed by atoms with Crippen molar-refractivity contribution in [3.8, 4) is 0 Å². The summed E-state index contributed by atoms with van der Waals surface area (Å²) in [5.74, 6) is 0. The lowest BCUT2D eigenvalue weighted by Crippen LogP contribution is -1.84. The van der Waals surface area contributed by atoms with Crippen LogP contribution in [0, 0.1) is 0 Å². The van der Waals surface area contributed by atoms with Gasteiger partial charge in [-0.15, -0.1) is 0 Å². The summed E-state index contributed by atoms with van der Waals surface area (Å²) in [5, 5.41) is 0. The minimum absolute atomic E-state index is 1.10. The van der Waals surface area contributed by atoms with Crippen LogP contribution in [0.1, 0.15) is 27.7 Å². The fourth-order valence-corrected chi connectivity index (χ4v) is 1.28. The Morgan fingerprint density at radius 2 is 1.75 bits per heavy atom. The van der Waals surface area contributed by atoms with E-state index in [4.69, 9.17) is 0 Å². The zero-order valence-electron chi connectivity index (χ0n) is 8.37. The summed E-state index contributed by atoms with van der Waals surface area (Å²) in [5.41, 5.74) is 5.23. The van der Waals surface area contributed by atoms with Crippen LogP contribution < -0.4 is 0 Å². The lowest BCUT2D eigenvalue weighted by Gasteiger charge is -2.02. The summed E-state index contributed by atoms with van der Waals surface area (Å²) < 4.78 is 1.10. The molecule has 0 saturated heterocycles. The average Bonchev–Trinajstić information content (AvgIpc) is 2.02. The normalized spacial score (nSPS) is 14.2. The number of allylic oxidation sites excluding steroid dienone is 5. The van der Waals surface area contributed by atoms with E-state index in [-0.39, 0.29) is 0 Å². The maximum Gasteiger partial charge on any atom is 0.0208 e. The topological polar surface area (TPSA) is 0 Å². The Kier molecular flexibility index (Phi) is 5.55. The fraction of sp³-hybridized carbons (Fsp3) is 0.455. The van der Waals surface area contributed by atoms with Gasteiger partial charge in [-0.2, -0.15) is 0 Å². The quantitative estimate of drug-likeness (QED) is 0.410. The second-order valence-electron chi connectivity index (χ2n) is 3.20. The van der Waals surface area contributed by atoms with Gasteiger partial charge in [-0.3, -0.25) is 0 Å². The SMILES string of the molecule is C=C(C)/C(C)=C\C(C)=C(\C)CI. The van der Waals surface area contributed by atoms with Crippen molar-refractivity contribution in [3.05, 3.63) is 34.9 Å². The van der Waals surface area contributed by atoms with Gasteiger partial charge in [-0.1, -0.05) is 52.0 Å². The maximum absolute atomic E-state index is 3.90. The molecule has 0 aliphatic rings. The third-order valence-corrected chi connectivity index (χ3v) is 3.12. The van der Waals surface area contributed by atoms with E-state index < -0.39 is 0 Å². The lowest BCUT2D eigenvalue weighted by molar-refractivity contribution is 1.28. The molecule has 0 fully saturated rings. The molecule has 0 aromatic carbocycles. The van der Waals surface area contributed by atoms with E-state index in [2.05, 4.69) is 56.0 Å². The molecule has 0 nitrogen and oxygen atoms in total. The number of alkyl halides is 1. The monoisotopic (exact) mass is 276 g/mol. The zero-order chi connectivity index (χ0) is 9.72. The Morgan fingerprint density at radius 1 is 1.25 bits per heavy atom. The van der Waals surface area contributed by atoms with Crippen LogP contribution in [0.5, 0.6) is 0 Å². The molecule has 0 N–H and O–H groups in total. The van der Waals surface area contributed by atoms with Gasteiger partial charge in [0.1, 0.15) is 0 Å². The molecular formula is C11H17I. The van der Waals surface area contributed by atoms with Gasteiger partial charge in [0.2, 0.25) is 0 Å². The van der Waals surface area contributed by atoms with Crippen molar-refractivity contribution in [2.75, 3.05) is 4.43 Å². The number of hydrogen-bond acceptors (Lipinski definition) is 0. The fourth-order valence-electron chi connectivity index (χ4n) is 0.677. The molecule has 0 aromatic rings. The van der Waals surface area contributed by atoms with E-state index in [0.717, 1.165) is 10.0 Å². The number of halogens is 1. The van der Waals surface area contributed by atoms with Crippen LogP contribution >= 0.6 is 22.6 Å². The molecule has 0 aromatic heterocycles. The Bertz CT molecular complexity index is 231. The zero-order valence-corrected chi connectivity index (χ0v) is 10.5. The molecule has 0 bridgehead atoms. The molecule has 0 radical (unpaired) electrons. The first kappa shape index (κ1) is 11.9. The van der Waals surface area contributed by atoms with Crippen LogP contribution in [-0.4, -0.2) is 4.43 Å². The van der Waals surface area contributed by atoms with Crippen LogP contribution in [0.25, 0.3) is 0 Å². The summed E-state index contributed by atoms with van der Waals surface area (Å²) in [7, 11) is 0. The molecule has 1 heteroatoms. The first-order chi connectivity index (χ1) is 5.49. The summed E-state index contributed by atoms with van der Waals surface area (Å²) in [6, 6.07) is 0. The highest BCUT2D eigenvalue weighted by molar-refractivity contribution is 14.1. The summed E-state index contributed by atoms with van der Waals surface area (Å²) >= 11 is 2.38. The first-order valence-electron chi connectivity index (χ1n) is 4.05. The van der Waals surface area contributed by atoms with Gasteiger partial charge >= 0.3 is 0 Å². The van der Waals surface area contributed by atoms with E-state index >= 15 is 0 Å². The molecule has 0 rings (SSSR count). The third-order valence-electron chi connectivity index (χ3n) is 1.98. The second kappa shape index (κ2) is 5.57. The summed E-state index contributed by atoms with van der Waals surface area (Å²) in [4.78, 5) is 0. The Hall–Kier alpha value is -0.0500. The lowest BCUT2D eigenvalue weighted by atomic mass is 10.1. The number of rotatable bonds is 3. The second-order valence-corrected chi connectivity index (χ2v) is 3.97. The molecule has 0 saturated carbocycles. The first-order valence-corrected chi connectivity index (χ1v) is 5.58. The van der Waals surface area contributed by atoms with Gasteiger partial charge in [0.05, 0.1) is 0 Å². The highest BCUT2D eigenvalue weighted by atomic mass is 127. The van der Waals surface area contributed by atoms with E-state index in [0.29, 0.717) is 0 Å². The molecule has 12 heavy (non-hydrogen) atoms. The van der Waals surface area contributed by atoms with Crippen LogP contribution in [0.2, 0.25) is 0 Å². The van der Waals surface area contributed by atoms with Crippen LogP contribution in [0.15, 0.2) is 34.9 Å². The van der Waals surface area contributed by atoms with E-state index in [1.165, 1.54) is 16.7 Å². The highest BCUT2D eigenvalue weighted by Gasteiger charge is 1.93. The van der Waals surface area contributed by atoms with E-state index in [9.17, 15) is 0 Å². The minimum atomic E-state index is 1.10. The van der Waals surface area contributed by atoms with Crippen molar-refractivity contribution in [2.24, 2.45) is 0 Å². The average molecular weight is 276 g/mol. The molecular weight excluding hydrogens is 259 g/mol. The van der Waals surface area contributed by atoms with Gasteiger partial charge in [0.25, 0.3) is 0 Å². The standard InChI is InChI=1S/C11H17I/c1-8(2)9(3)6-10(4)11(5)7-12/h6H,1,7H2,2-5H3/b9-6-,11-10-. The molecule has 0 spiro atoms. The van der Waals surface area contributed by atoms with Crippen LogP contribution in [0.3, 0.4) is 0 Å². The molecule has 0 aliphatic heterocycles. The Labute approximate surface area is 89.6 Å². The van der Waals surface area contributed by atoms with Gasteiger partial charge in [0.15, 0.2) is 0 Å². The van der Waals surface area contributed by atoms with Crippen LogP contribution in [-0.2, 0) is 0 Å². The Balaban J connectivity index is 4.64. The molecule has 0 heterocycles. The summed E-state index contributed by atoms with van der Waals surface area (Å²) in [6.45, 7) is 12.4. The van der Waals surface area contributed by atoms with Crippen molar-refractivity contribution in [2.45, 2.75) is 27.7 Å². The van der Waals surface area contributed by atoms with Crippen molar-refractivity contribution in [3.63, 3.8) is 0 Å². The van der Waals surface area contributed by atoms with Crippen LogP contribution in [0.4, 0.5) is 0 Å². The molecule has 0 amide bonds. The third kappa shape index (κ3) is 4.10. The van der Waals surface area contributed by atoms with Gasteiger partial charge < -0.3 is 0 Å². The molecule has 0 unspecified atom stereocenters. The van der Waals surface area contributed by atoms with Crippen molar-refractivity contribution < 1.29 is 0 Å². The van der Waals surface area contributed by atoms with Crippen molar-refractivity contribution in [1.29, 1.82) is 0 Å². The van der Waals surface area contributed by atoms with Crippen molar-refractivity contribution >= 4 is 22.6 Å². The van der Waals surface area contributed by atoms with Gasteiger partial charge in [-0.25, -0.2) is 0 Å². The largest absolute Gasteiger partial charge is 0.0958 e. The Morgan fingerprint density at radius 3 is 2.08 bits per heavy atom. The minimum Gasteiger partial charge on any atom is -0.0958 e. The predicted molar refractivity (Wildman–Crippen MR) is 65.8 cm³/mol. The highest BCUT2D eigenvalue weighted by Crippen LogP contribution is 2.13. The van der Waals surface area contributed by atoms with Gasteiger partial charge in [0, 0.05) is 4.43 Å². The van der Waals surface area contributed by atoms with E-state index in [1.807, 2.05) is 6.92 Å². The van der Waals surface area contributed by atoms with E-state index in [1.54, 1.807) is 0 Å². The smallest absolute Gasteiger partial charge is 0.0208 e. The molecule has 68 valence electrons. The predicted octanol–water partition coefficient (Wildman–Crippen LogP) is 4.28. The maximum atomic E-state index is 3.90. The molecule has 0 aliphatic carbocycles. The number of hydrogen-bond donors (Lipinski definition) is 0.